The van der Waals surface area contributed by atoms with Gasteiger partial charge >= 0.3 is 0 Å². The van der Waals surface area contributed by atoms with Gasteiger partial charge in [-0.05, 0) is 51.1 Å². The minimum absolute atomic E-state index is 0.0196. The van der Waals surface area contributed by atoms with Crippen molar-refractivity contribution in [2.24, 2.45) is 0 Å². The predicted molar refractivity (Wildman–Crippen MR) is 100 cm³/mol. The number of hydrogen-bond acceptors (Lipinski definition) is 6. The van der Waals surface area contributed by atoms with Crippen molar-refractivity contribution in [2.45, 2.75) is 50.2 Å². The van der Waals surface area contributed by atoms with Gasteiger partial charge in [0.05, 0.1) is 10.9 Å². The van der Waals surface area contributed by atoms with Crippen LogP contribution in [0.1, 0.15) is 43.7 Å². The zero-order valence-electron chi connectivity index (χ0n) is 14.8. The van der Waals surface area contributed by atoms with Crippen LogP contribution < -0.4 is 5.32 Å². The number of aromatic amines is 1. The van der Waals surface area contributed by atoms with E-state index in [2.05, 4.69) is 25.3 Å². The Kier molecular flexibility index (Phi) is 5.03. The fourth-order valence-corrected chi connectivity index (χ4v) is 3.46. The van der Waals surface area contributed by atoms with E-state index in [0.717, 1.165) is 22.4 Å². The van der Waals surface area contributed by atoms with Crippen LogP contribution in [0.4, 0.5) is 5.82 Å². The zero-order valence-corrected chi connectivity index (χ0v) is 15.6. The predicted octanol–water partition coefficient (Wildman–Crippen LogP) is 4.09. The lowest BCUT2D eigenvalue weighted by molar-refractivity contribution is 0.101. The molecule has 130 valence electrons. The number of nitrogens with zero attached hydrogens (tertiary/aromatic N) is 3. The van der Waals surface area contributed by atoms with Gasteiger partial charge in [-0.25, -0.2) is 9.97 Å². The highest BCUT2D eigenvalue weighted by Crippen LogP contribution is 2.32. The fourth-order valence-electron chi connectivity index (χ4n) is 2.71. The number of carbonyl (C=O) groups is 1. The first-order chi connectivity index (χ1) is 12.0. The first-order valence-corrected chi connectivity index (χ1v) is 9.09. The van der Waals surface area contributed by atoms with Crippen LogP contribution in [-0.4, -0.2) is 31.8 Å². The van der Waals surface area contributed by atoms with E-state index in [1.54, 1.807) is 19.3 Å². The summed E-state index contributed by atoms with van der Waals surface area (Å²) in [5, 5.41) is 4.74. The molecule has 0 atom stereocenters. The van der Waals surface area contributed by atoms with Crippen LogP contribution in [0.3, 0.4) is 0 Å². The van der Waals surface area contributed by atoms with Gasteiger partial charge in [-0.2, -0.15) is 0 Å². The maximum absolute atomic E-state index is 12.2. The lowest BCUT2D eigenvalue weighted by Crippen LogP contribution is -2.12. The lowest BCUT2D eigenvalue weighted by atomic mass is 10.1. The minimum atomic E-state index is 0.0196. The van der Waals surface area contributed by atoms with Crippen molar-refractivity contribution in [3.63, 3.8) is 0 Å². The van der Waals surface area contributed by atoms with Crippen LogP contribution >= 0.6 is 11.8 Å². The summed E-state index contributed by atoms with van der Waals surface area (Å²) in [6.45, 7) is 7.69. The maximum atomic E-state index is 12.2. The topological polar surface area (TPSA) is 83.6 Å². The number of nitrogens with one attached hydrogen (secondary N) is 2. The van der Waals surface area contributed by atoms with Gasteiger partial charge in [-0.3, -0.25) is 9.78 Å². The Morgan fingerprint density at radius 1 is 1.36 bits per heavy atom. The normalized spacial score (nSPS) is 11.2. The number of aryl methyl sites for hydroxylation is 1. The van der Waals surface area contributed by atoms with Gasteiger partial charge < -0.3 is 10.3 Å². The molecule has 0 saturated carbocycles. The van der Waals surface area contributed by atoms with E-state index in [-0.39, 0.29) is 11.8 Å². The number of anilines is 1. The Morgan fingerprint density at radius 2 is 2.16 bits per heavy atom. The lowest BCUT2D eigenvalue weighted by Gasteiger charge is -2.12. The van der Waals surface area contributed by atoms with Gasteiger partial charge in [0.1, 0.15) is 11.5 Å². The van der Waals surface area contributed by atoms with E-state index in [9.17, 15) is 4.79 Å². The number of hydrogen-bond donors (Lipinski definition) is 2. The second-order valence-corrected chi connectivity index (χ2v) is 7.10. The average Bonchev–Trinajstić information content (AvgIpc) is 2.94. The number of ketones is 1. The van der Waals surface area contributed by atoms with Crippen molar-refractivity contribution in [2.75, 3.05) is 5.32 Å². The molecule has 25 heavy (non-hydrogen) atoms. The van der Waals surface area contributed by atoms with Crippen LogP contribution in [0.15, 0.2) is 34.6 Å². The Bertz CT molecular complexity index is 905. The van der Waals surface area contributed by atoms with Crippen LogP contribution in [0, 0.1) is 0 Å². The van der Waals surface area contributed by atoms with Gasteiger partial charge in [0.25, 0.3) is 0 Å². The molecule has 0 amide bonds. The Balaban J connectivity index is 2.17. The summed E-state index contributed by atoms with van der Waals surface area (Å²) < 4.78 is 0. The number of fused-ring (bicyclic) bond motifs is 1. The third kappa shape index (κ3) is 3.66. The summed E-state index contributed by atoms with van der Waals surface area (Å²) in [5.74, 6) is 0.707. The number of H-pyrrole nitrogens is 1. The molecule has 2 N–H and O–H groups in total. The van der Waals surface area contributed by atoms with Crippen LogP contribution in [0.2, 0.25) is 0 Å². The van der Waals surface area contributed by atoms with Crippen molar-refractivity contribution >= 4 is 34.4 Å². The summed E-state index contributed by atoms with van der Waals surface area (Å²) in [6, 6.07) is 4.04. The first kappa shape index (κ1) is 17.4. The van der Waals surface area contributed by atoms with Crippen LogP contribution in [0.25, 0.3) is 11.0 Å². The molecule has 0 fully saturated rings. The van der Waals surface area contributed by atoms with Gasteiger partial charge in [-0.1, -0.05) is 6.92 Å². The second kappa shape index (κ2) is 7.23. The number of pyridine rings is 1. The highest BCUT2D eigenvalue weighted by molar-refractivity contribution is 7.99. The molecule has 3 heterocycles. The van der Waals surface area contributed by atoms with Crippen molar-refractivity contribution in [1.82, 2.24) is 19.9 Å². The number of rotatable bonds is 6. The van der Waals surface area contributed by atoms with Gasteiger partial charge in [0, 0.05) is 29.0 Å². The Labute approximate surface area is 150 Å². The fraction of sp³-hybridized carbons (Fsp3) is 0.333. The molecule has 0 aromatic carbocycles. The molecule has 6 nitrogen and oxygen atoms in total. The molecule has 3 aromatic rings. The number of carbonyl (C=O) groups excluding carboxylic acids is 1. The molecule has 0 spiro atoms. The molecule has 0 saturated heterocycles. The van der Waals surface area contributed by atoms with Gasteiger partial charge in [-0.15, -0.1) is 0 Å². The van der Waals surface area contributed by atoms with Gasteiger partial charge in [0.15, 0.2) is 10.9 Å². The van der Waals surface area contributed by atoms with Crippen LogP contribution in [0.5, 0.6) is 0 Å². The van der Waals surface area contributed by atoms with Crippen molar-refractivity contribution in [3.8, 4) is 0 Å². The molecule has 0 radical (unpaired) electrons. The van der Waals surface area contributed by atoms with Gasteiger partial charge in [0.2, 0.25) is 0 Å². The Morgan fingerprint density at radius 3 is 2.76 bits per heavy atom. The molecule has 3 aromatic heterocycles. The van der Waals surface area contributed by atoms with E-state index < -0.39 is 0 Å². The van der Waals surface area contributed by atoms with E-state index >= 15 is 0 Å². The maximum Gasteiger partial charge on any atom is 0.196 e. The SMILES string of the molecule is CCc1[nH]c2nc(Sc3cccnc3)nc(NC(C)C)c2c1C(C)=O. The molecule has 3 rings (SSSR count). The molecular weight excluding hydrogens is 334 g/mol. The summed E-state index contributed by atoms with van der Waals surface area (Å²) in [4.78, 5) is 29.9. The van der Waals surface area contributed by atoms with E-state index in [1.165, 1.54) is 11.8 Å². The largest absolute Gasteiger partial charge is 0.367 e. The standard InChI is InChI=1S/C18H21N5OS/c1-5-13-14(11(4)24)15-16(20-10(2)3)22-18(23-17(15)21-13)25-12-7-6-8-19-9-12/h6-10H,5H2,1-4H3,(H2,20,21,22,23). The van der Waals surface area contributed by atoms with Crippen molar-refractivity contribution in [3.05, 3.63) is 35.8 Å². The summed E-state index contributed by atoms with van der Waals surface area (Å²) >= 11 is 1.45. The molecule has 0 aliphatic heterocycles. The third-order valence-electron chi connectivity index (χ3n) is 3.68. The molecule has 7 heteroatoms. The monoisotopic (exact) mass is 355 g/mol. The summed E-state index contributed by atoms with van der Waals surface area (Å²) in [5.41, 5.74) is 2.26. The summed E-state index contributed by atoms with van der Waals surface area (Å²) in [6.07, 6.45) is 4.25. The molecule has 0 aliphatic carbocycles. The zero-order chi connectivity index (χ0) is 18.0. The smallest absolute Gasteiger partial charge is 0.196 e. The number of Topliss-reactive ketones (excluding diaryl/α,β-unsaturated/α-hetero) is 1. The van der Waals surface area contributed by atoms with Crippen molar-refractivity contribution in [1.29, 1.82) is 0 Å². The van der Waals surface area contributed by atoms with Crippen molar-refractivity contribution < 1.29 is 4.79 Å². The van der Waals surface area contributed by atoms with E-state index in [1.807, 2.05) is 32.9 Å². The van der Waals surface area contributed by atoms with Crippen LogP contribution in [-0.2, 0) is 6.42 Å². The summed E-state index contributed by atoms with van der Waals surface area (Å²) in [7, 11) is 0. The average molecular weight is 355 g/mol. The second-order valence-electron chi connectivity index (χ2n) is 6.06. The van der Waals surface area contributed by atoms with E-state index in [0.29, 0.717) is 22.2 Å². The highest BCUT2D eigenvalue weighted by Gasteiger charge is 2.21. The minimum Gasteiger partial charge on any atom is -0.367 e. The number of aromatic nitrogens is 4. The quantitative estimate of drug-likeness (QED) is 0.512. The third-order valence-corrected chi connectivity index (χ3v) is 4.53. The molecular formula is C18H21N5OS. The molecule has 0 bridgehead atoms. The molecule has 0 unspecified atom stereocenters. The highest BCUT2D eigenvalue weighted by atomic mass is 32.2. The molecule has 0 aliphatic rings. The Hall–Kier alpha value is -2.41. The first-order valence-electron chi connectivity index (χ1n) is 8.27. The van der Waals surface area contributed by atoms with E-state index in [4.69, 9.17) is 0 Å².